The van der Waals surface area contributed by atoms with E-state index in [4.69, 9.17) is 17.3 Å². The van der Waals surface area contributed by atoms with Gasteiger partial charge in [0.2, 0.25) is 33.3 Å². The van der Waals surface area contributed by atoms with Crippen molar-refractivity contribution in [3.8, 4) is 0 Å². The molecule has 0 heterocycles. The normalized spacial score (nSPS) is 17.8. The fraction of sp³-hybridized carbons (Fsp3) is 0.571. The average Bonchev–Trinajstić information content (AvgIpc) is 2.72. The van der Waals surface area contributed by atoms with Crippen LogP contribution in [0.5, 0.6) is 0 Å². The third-order valence-electron chi connectivity index (χ3n) is 5.41. The van der Waals surface area contributed by atoms with Gasteiger partial charge in [-0.15, -0.1) is 0 Å². The van der Waals surface area contributed by atoms with Crippen LogP contribution in [0.4, 0.5) is 4.39 Å². The van der Waals surface area contributed by atoms with Crippen LogP contribution in [-0.2, 0) is 30.2 Å². The molecule has 0 saturated heterocycles. The molecule has 2 unspecified atom stereocenters. The molecule has 3 atom stereocenters. The highest BCUT2D eigenvalue weighted by Gasteiger charge is 2.33. The van der Waals surface area contributed by atoms with E-state index in [2.05, 4.69) is 10.0 Å². The molecule has 2 rings (SSSR count). The van der Waals surface area contributed by atoms with E-state index < -0.39 is 51.8 Å². The van der Waals surface area contributed by atoms with Crippen LogP contribution >= 0.6 is 11.6 Å². The van der Waals surface area contributed by atoms with Gasteiger partial charge in [-0.2, -0.15) is 0 Å². The largest absolute Gasteiger partial charge is 0.370 e. The molecule has 0 spiro atoms. The number of primary amides is 1. The van der Waals surface area contributed by atoms with Gasteiger partial charge in [0.05, 0.1) is 12.2 Å². The molecule has 1 aliphatic carbocycles. The minimum Gasteiger partial charge on any atom is -0.370 e. The van der Waals surface area contributed by atoms with Gasteiger partial charge in [-0.1, -0.05) is 74.0 Å². The molecule has 1 saturated carbocycles. The molecule has 11 heteroatoms. The monoisotopic (exact) mass is 489 g/mol. The molecule has 0 aliphatic heterocycles. The molecule has 1 aromatic rings. The zero-order valence-electron chi connectivity index (χ0n) is 17.6. The topological polar surface area (TPSA) is 135 Å². The number of halogens is 2. The summed E-state index contributed by atoms with van der Waals surface area (Å²) < 4.78 is 41.3. The Morgan fingerprint density at radius 3 is 2.28 bits per heavy atom. The Hall–Kier alpha value is -2.04. The van der Waals surface area contributed by atoms with Crippen molar-refractivity contribution in [2.75, 3.05) is 0 Å². The van der Waals surface area contributed by atoms with Crippen molar-refractivity contribution in [3.05, 3.63) is 35.9 Å². The summed E-state index contributed by atoms with van der Waals surface area (Å²) in [5.74, 6) is -3.20. The minimum atomic E-state index is -3.91. The smallest absolute Gasteiger partial charge is 0.238 e. The van der Waals surface area contributed by atoms with E-state index in [1.807, 2.05) is 0 Å². The molecule has 8 nitrogen and oxygen atoms in total. The quantitative estimate of drug-likeness (QED) is 0.385. The number of sulfonamides is 1. The number of alkyl halides is 2. The van der Waals surface area contributed by atoms with Gasteiger partial charge in [0.25, 0.3) is 0 Å². The predicted octanol–water partition coefficient (Wildman–Crippen LogP) is 1.91. The Bertz CT molecular complexity index is 892. The fourth-order valence-corrected chi connectivity index (χ4v) is 5.37. The van der Waals surface area contributed by atoms with E-state index in [1.54, 1.807) is 30.3 Å². The lowest BCUT2D eigenvalue weighted by Crippen LogP contribution is -2.54. The van der Waals surface area contributed by atoms with Crippen molar-refractivity contribution in [3.63, 3.8) is 0 Å². The van der Waals surface area contributed by atoms with Crippen LogP contribution in [0, 0.1) is 5.92 Å². The second-order valence-corrected chi connectivity index (χ2v) is 10.2. The maximum absolute atomic E-state index is 13.3. The number of carbonyl (C=O) groups excluding carboxylic acids is 3. The number of rotatable bonds is 12. The van der Waals surface area contributed by atoms with Gasteiger partial charge in [0, 0.05) is 0 Å². The highest BCUT2D eigenvalue weighted by Crippen LogP contribution is 2.27. The van der Waals surface area contributed by atoms with Crippen molar-refractivity contribution in [1.29, 1.82) is 0 Å². The summed E-state index contributed by atoms with van der Waals surface area (Å²) in [5.41, 5.74) is 3.20. The van der Waals surface area contributed by atoms with Crippen LogP contribution in [0.3, 0.4) is 0 Å². The van der Waals surface area contributed by atoms with Gasteiger partial charge in [-0.3, -0.25) is 14.4 Å². The highest BCUT2D eigenvalue weighted by molar-refractivity contribution is 7.88. The van der Waals surface area contributed by atoms with Gasteiger partial charge in [-0.25, -0.2) is 17.5 Å². The summed E-state index contributed by atoms with van der Waals surface area (Å²) in [6.45, 7) is 0. The number of hydrogen-bond acceptors (Lipinski definition) is 5. The number of ketones is 1. The second-order valence-electron chi connectivity index (χ2n) is 8.09. The van der Waals surface area contributed by atoms with Crippen molar-refractivity contribution in [2.24, 2.45) is 11.7 Å². The van der Waals surface area contributed by atoms with E-state index in [-0.39, 0.29) is 18.1 Å². The third-order valence-corrected chi connectivity index (χ3v) is 6.98. The van der Waals surface area contributed by atoms with Crippen LogP contribution in [-0.4, -0.2) is 43.7 Å². The van der Waals surface area contributed by atoms with Crippen molar-refractivity contribution in [2.45, 2.75) is 68.4 Å². The van der Waals surface area contributed by atoms with Crippen LogP contribution in [0.2, 0.25) is 0 Å². The van der Waals surface area contributed by atoms with Gasteiger partial charge in [0.15, 0.2) is 0 Å². The second kappa shape index (κ2) is 12.3. The standard InChI is InChI=1S/C21H29ClFN3O5S/c22-20(23)19(28)16(12-18(24)27)25-21(29)17(11-14-7-3-1-4-8-14)26-32(30,31)13-15-9-5-2-6-10-15/h2,5-6,9-10,14,16-17,20,26H,1,3-4,7-8,11-13H2,(H2,24,27)(H,25,29)/t16?,17-,20?/m0/s1. The maximum atomic E-state index is 13.3. The number of Topliss-reactive ketones (excluding diaryl/α,β-unsaturated/α-hetero) is 1. The molecule has 0 aromatic heterocycles. The fourth-order valence-electron chi connectivity index (χ4n) is 3.87. The molecular formula is C21H29ClFN3O5S. The van der Waals surface area contributed by atoms with Crippen LogP contribution in [0.15, 0.2) is 30.3 Å². The van der Waals surface area contributed by atoms with Gasteiger partial charge >= 0.3 is 0 Å². The summed E-state index contributed by atoms with van der Waals surface area (Å²) in [6.07, 6.45) is 4.31. The van der Waals surface area contributed by atoms with Crippen LogP contribution in [0.1, 0.15) is 50.5 Å². The van der Waals surface area contributed by atoms with Gasteiger partial charge < -0.3 is 11.1 Å². The first-order chi connectivity index (χ1) is 15.1. The summed E-state index contributed by atoms with van der Waals surface area (Å²) in [5, 5.41) is 2.26. The number of nitrogens with one attached hydrogen (secondary N) is 2. The molecule has 1 fully saturated rings. The third kappa shape index (κ3) is 8.84. The Balaban J connectivity index is 2.19. The average molecular weight is 490 g/mol. The van der Waals surface area contributed by atoms with E-state index in [1.165, 1.54) is 0 Å². The molecule has 0 bridgehead atoms. The molecule has 0 radical (unpaired) electrons. The number of benzene rings is 1. The molecule has 1 aromatic carbocycles. The number of nitrogens with two attached hydrogens (primary N) is 1. The number of amides is 2. The Morgan fingerprint density at radius 2 is 1.72 bits per heavy atom. The zero-order valence-corrected chi connectivity index (χ0v) is 19.2. The van der Waals surface area contributed by atoms with Crippen LogP contribution < -0.4 is 15.8 Å². The zero-order chi connectivity index (χ0) is 23.7. The van der Waals surface area contributed by atoms with Gasteiger partial charge in [0.1, 0.15) is 12.1 Å². The van der Waals surface area contributed by atoms with E-state index in [0.717, 1.165) is 32.1 Å². The predicted molar refractivity (Wildman–Crippen MR) is 119 cm³/mol. The first kappa shape index (κ1) is 26.2. The minimum absolute atomic E-state index is 0.117. The molecule has 4 N–H and O–H groups in total. The lowest BCUT2D eigenvalue weighted by atomic mass is 9.85. The summed E-state index contributed by atoms with van der Waals surface area (Å²) in [7, 11) is -3.91. The van der Waals surface area contributed by atoms with Crippen molar-refractivity contribution in [1.82, 2.24) is 10.0 Å². The number of hydrogen-bond donors (Lipinski definition) is 3. The van der Waals surface area contributed by atoms with Crippen molar-refractivity contribution < 1.29 is 27.2 Å². The Kier molecular flexibility index (Phi) is 10.0. The molecule has 2 amide bonds. The summed E-state index contributed by atoms with van der Waals surface area (Å²) in [4.78, 5) is 36.2. The first-order valence-corrected chi connectivity index (χ1v) is 12.6. The summed E-state index contributed by atoms with van der Waals surface area (Å²) >= 11 is 5.19. The summed E-state index contributed by atoms with van der Waals surface area (Å²) in [6, 6.07) is 5.70. The lowest BCUT2D eigenvalue weighted by Gasteiger charge is -2.27. The van der Waals surface area contributed by atoms with E-state index in [9.17, 15) is 27.2 Å². The SMILES string of the molecule is NC(=O)CC(NC(=O)[C@H](CC1CCCCC1)NS(=O)(=O)Cc1ccccc1)C(=O)C(F)Cl. The first-order valence-electron chi connectivity index (χ1n) is 10.5. The Morgan fingerprint density at radius 1 is 1.09 bits per heavy atom. The molecule has 32 heavy (non-hydrogen) atoms. The van der Waals surface area contributed by atoms with E-state index in [0.29, 0.717) is 5.56 Å². The van der Waals surface area contributed by atoms with Gasteiger partial charge in [-0.05, 0) is 17.9 Å². The molecular weight excluding hydrogens is 461 g/mol. The highest BCUT2D eigenvalue weighted by atomic mass is 35.5. The maximum Gasteiger partial charge on any atom is 0.238 e. The molecule has 1 aliphatic rings. The number of carbonyl (C=O) groups is 3. The van der Waals surface area contributed by atoms with Crippen molar-refractivity contribution >= 4 is 39.2 Å². The lowest BCUT2D eigenvalue weighted by molar-refractivity contribution is -0.132. The molecule has 178 valence electrons. The van der Waals surface area contributed by atoms with Crippen LogP contribution in [0.25, 0.3) is 0 Å². The van der Waals surface area contributed by atoms with E-state index >= 15 is 0 Å². The Labute approximate surface area is 192 Å².